The number of carbonyl (C=O) groups is 2. The van der Waals surface area contributed by atoms with E-state index in [4.69, 9.17) is 4.74 Å². The maximum absolute atomic E-state index is 12.7. The van der Waals surface area contributed by atoms with E-state index in [-0.39, 0.29) is 27.5 Å². The van der Waals surface area contributed by atoms with Crippen molar-refractivity contribution in [3.63, 3.8) is 0 Å². The van der Waals surface area contributed by atoms with E-state index in [1.165, 1.54) is 6.07 Å². The standard InChI is InChI=1S/C23H23NO5S/c1-23(2,3)16-13-11-15(12-14-16)22(26)29-19-9-6-8-18(25)21(19)30-20-10-5-4-7-17(20)24(27)28/h4-5,7,10-14H,6,8-9H2,1-3H3. The lowest BCUT2D eigenvalue weighted by molar-refractivity contribution is -0.387. The number of Topliss-reactive ketones (excluding diaryl/α,β-unsaturated/α-hetero) is 1. The summed E-state index contributed by atoms with van der Waals surface area (Å²) in [5, 5.41) is 11.3. The molecule has 3 rings (SSSR count). The molecule has 30 heavy (non-hydrogen) atoms. The van der Waals surface area contributed by atoms with Crippen LogP contribution < -0.4 is 0 Å². The number of benzene rings is 2. The normalized spacial score (nSPS) is 14.6. The minimum absolute atomic E-state index is 0.0328. The molecule has 0 saturated heterocycles. The second kappa shape index (κ2) is 8.83. The Labute approximate surface area is 179 Å². The minimum Gasteiger partial charge on any atom is -0.426 e. The summed E-state index contributed by atoms with van der Waals surface area (Å²) in [5.74, 6) is -0.435. The van der Waals surface area contributed by atoms with Gasteiger partial charge in [-0.3, -0.25) is 14.9 Å². The lowest BCUT2D eigenvalue weighted by atomic mass is 9.87. The topological polar surface area (TPSA) is 86.5 Å². The van der Waals surface area contributed by atoms with Gasteiger partial charge in [-0.15, -0.1) is 0 Å². The lowest BCUT2D eigenvalue weighted by Gasteiger charge is -2.20. The highest BCUT2D eigenvalue weighted by Crippen LogP contribution is 2.40. The van der Waals surface area contributed by atoms with Crippen molar-refractivity contribution in [3.05, 3.63) is 80.4 Å². The van der Waals surface area contributed by atoms with E-state index in [0.717, 1.165) is 17.3 Å². The Morgan fingerprint density at radius 3 is 2.37 bits per heavy atom. The van der Waals surface area contributed by atoms with Crippen LogP contribution in [-0.4, -0.2) is 16.7 Å². The highest BCUT2D eigenvalue weighted by Gasteiger charge is 2.27. The molecule has 0 heterocycles. The van der Waals surface area contributed by atoms with Crippen molar-refractivity contribution in [2.75, 3.05) is 0 Å². The molecule has 0 unspecified atom stereocenters. The highest BCUT2D eigenvalue weighted by atomic mass is 32.2. The number of ketones is 1. The Balaban J connectivity index is 1.87. The van der Waals surface area contributed by atoms with Crippen LogP contribution in [-0.2, 0) is 14.9 Å². The minimum atomic E-state index is -0.541. The van der Waals surface area contributed by atoms with Gasteiger partial charge in [-0.05, 0) is 35.6 Å². The van der Waals surface area contributed by atoms with Gasteiger partial charge < -0.3 is 4.74 Å². The van der Waals surface area contributed by atoms with Gasteiger partial charge in [-0.25, -0.2) is 4.79 Å². The highest BCUT2D eigenvalue weighted by molar-refractivity contribution is 8.04. The van der Waals surface area contributed by atoms with Gasteiger partial charge >= 0.3 is 5.97 Å². The van der Waals surface area contributed by atoms with Crippen molar-refractivity contribution in [1.82, 2.24) is 0 Å². The zero-order valence-electron chi connectivity index (χ0n) is 17.1. The Hall–Kier alpha value is -2.93. The molecule has 0 saturated carbocycles. The third kappa shape index (κ3) is 4.97. The molecule has 0 spiro atoms. The zero-order valence-corrected chi connectivity index (χ0v) is 18.0. The molecule has 6 nitrogen and oxygen atoms in total. The molecular formula is C23H23NO5S. The number of nitrogens with zero attached hydrogens (tertiary/aromatic N) is 1. The molecular weight excluding hydrogens is 402 g/mol. The number of carbonyl (C=O) groups excluding carboxylic acids is 2. The van der Waals surface area contributed by atoms with Crippen LogP contribution in [0.1, 0.15) is 56.0 Å². The number of hydrogen-bond donors (Lipinski definition) is 0. The number of nitro benzene ring substituents is 1. The number of allylic oxidation sites excluding steroid dienone is 2. The fourth-order valence-corrected chi connectivity index (χ4v) is 4.17. The summed E-state index contributed by atoms with van der Waals surface area (Å²) in [5.41, 5.74) is 1.37. The van der Waals surface area contributed by atoms with Crippen LogP contribution in [0.4, 0.5) is 5.69 Å². The third-order valence-corrected chi connectivity index (χ3v) is 6.02. The average Bonchev–Trinajstić information content (AvgIpc) is 2.70. The van der Waals surface area contributed by atoms with Gasteiger partial charge in [0.1, 0.15) is 5.76 Å². The van der Waals surface area contributed by atoms with Crippen LogP contribution in [0.5, 0.6) is 0 Å². The summed E-state index contributed by atoms with van der Waals surface area (Å²) >= 11 is 0.990. The molecule has 2 aromatic carbocycles. The number of hydrogen-bond acceptors (Lipinski definition) is 6. The van der Waals surface area contributed by atoms with Crippen LogP contribution in [0.2, 0.25) is 0 Å². The SMILES string of the molecule is CC(C)(C)c1ccc(C(=O)OC2=C(Sc3ccccc3[N+](=O)[O-])C(=O)CCC2)cc1. The molecule has 0 bridgehead atoms. The maximum Gasteiger partial charge on any atom is 0.343 e. The van der Waals surface area contributed by atoms with Crippen molar-refractivity contribution < 1.29 is 19.2 Å². The molecule has 0 aliphatic heterocycles. The molecule has 0 amide bonds. The number of nitro groups is 1. The maximum atomic E-state index is 12.7. The van der Waals surface area contributed by atoms with E-state index in [1.807, 2.05) is 12.1 Å². The van der Waals surface area contributed by atoms with E-state index in [9.17, 15) is 19.7 Å². The lowest BCUT2D eigenvalue weighted by Crippen LogP contribution is -2.15. The van der Waals surface area contributed by atoms with E-state index in [0.29, 0.717) is 29.7 Å². The van der Waals surface area contributed by atoms with Crippen molar-refractivity contribution in [2.24, 2.45) is 0 Å². The Kier molecular flexibility index (Phi) is 6.41. The molecule has 7 heteroatoms. The average molecular weight is 426 g/mol. The molecule has 2 aromatic rings. The summed E-state index contributed by atoms with van der Waals surface area (Å²) in [4.78, 5) is 36.6. The van der Waals surface area contributed by atoms with E-state index >= 15 is 0 Å². The molecule has 0 fully saturated rings. The molecule has 1 aliphatic carbocycles. The van der Waals surface area contributed by atoms with Crippen molar-refractivity contribution in [1.29, 1.82) is 0 Å². The first-order valence-corrected chi connectivity index (χ1v) is 10.5. The quantitative estimate of drug-likeness (QED) is 0.341. The fourth-order valence-electron chi connectivity index (χ4n) is 3.08. The second-order valence-corrected chi connectivity index (χ2v) is 9.12. The second-order valence-electron chi connectivity index (χ2n) is 8.07. The van der Waals surface area contributed by atoms with Gasteiger partial charge in [0.2, 0.25) is 0 Å². The van der Waals surface area contributed by atoms with E-state index in [1.54, 1.807) is 30.3 Å². The van der Waals surface area contributed by atoms with E-state index < -0.39 is 10.9 Å². The van der Waals surface area contributed by atoms with Crippen molar-refractivity contribution in [2.45, 2.75) is 50.3 Å². The number of ether oxygens (including phenoxy) is 1. The molecule has 1 aliphatic rings. The van der Waals surface area contributed by atoms with Gasteiger partial charge in [-0.2, -0.15) is 0 Å². The summed E-state index contributed by atoms with van der Waals surface area (Å²) in [6.07, 6.45) is 1.33. The first-order valence-electron chi connectivity index (χ1n) is 9.67. The van der Waals surface area contributed by atoms with Crippen LogP contribution in [0.15, 0.2) is 64.1 Å². The Bertz CT molecular complexity index is 1020. The molecule has 0 aromatic heterocycles. The van der Waals surface area contributed by atoms with Gasteiger partial charge in [-0.1, -0.05) is 56.8 Å². The largest absolute Gasteiger partial charge is 0.426 e. The van der Waals surface area contributed by atoms with Crippen molar-refractivity contribution in [3.8, 4) is 0 Å². The summed E-state index contributed by atoms with van der Waals surface area (Å²) in [6, 6.07) is 13.4. The van der Waals surface area contributed by atoms with Gasteiger partial charge in [0.25, 0.3) is 5.69 Å². The number of para-hydroxylation sites is 1. The molecule has 0 atom stereocenters. The van der Waals surface area contributed by atoms with Crippen molar-refractivity contribution >= 4 is 29.2 Å². The van der Waals surface area contributed by atoms with Crippen LogP contribution >= 0.6 is 11.8 Å². The van der Waals surface area contributed by atoms with Crippen LogP contribution in [0.25, 0.3) is 0 Å². The predicted molar refractivity (Wildman–Crippen MR) is 115 cm³/mol. The third-order valence-electron chi connectivity index (χ3n) is 4.79. The fraction of sp³-hybridized carbons (Fsp3) is 0.304. The number of esters is 1. The Morgan fingerprint density at radius 2 is 1.73 bits per heavy atom. The molecule has 156 valence electrons. The predicted octanol–water partition coefficient (Wildman–Crippen LogP) is 5.81. The van der Waals surface area contributed by atoms with Crippen LogP contribution in [0.3, 0.4) is 0 Å². The summed E-state index contributed by atoms with van der Waals surface area (Å²) < 4.78 is 5.59. The van der Waals surface area contributed by atoms with E-state index in [2.05, 4.69) is 20.8 Å². The monoisotopic (exact) mass is 425 g/mol. The van der Waals surface area contributed by atoms with Gasteiger partial charge in [0.15, 0.2) is 5.78 Å². The summed E-state index contributed by atoms with van der Waals surface area (Å²) in [6.45, 7) is 6.27. The Morgan fingerprint density at radius 1 is 1.07 bits per heavy atom. The zero-order chi connectivity index (χ0) is 21.9. The first-order chi connectivity index (χ1) is 14.2. The smallest absolute Gasteiger partial charge is 0.343 e. The van der Waals surface area contributed by atoms with Crippen LogP contribution in [0, 0.1) is 10.1 Å². The summed E-state index contributed by atoms with van der Waals surface area (Å²) in [7, 11) is 0. The molecule has 0 radical (unpaired) electrons. The first kappa shape index (κ1) is 21.8. The van der Waals surface area contributed by atoms with Gasteiger partial charge in [0.05, 0.1) is 20.3 Å². The number of thioether (sulfide) groups is 1. The molecule has 0 N–H and O–H groups in total. The van der Waals surface area contributed by atoms with Gasteiger partial charge in [0, 0.05) is 18.9 Å². The number of rotatable bonds is 5.